The standard InChI is InChI=1S/C20H19FN2O2S/c21-15-6-2-4-8-17(15)26-13-18(24)23-11-9-20(10-12-23)14-5-1-3-7-16(14)22-19(20)25/h1-8H,9-13H2,(H,22,25). The zero-order valence-electron chi connectivity index (χ0n) is 14.2. The van der Waals surface area contributed by atoms with Crippen molar-refractivity contribution in [2.24, 2.45) is 0 Å². The third-order valence-electron chi connectivity index (χ3n) is 5.28. The van der Waals surface area contributed by atoms with Crippen molar-refractivity contribution in [2.75, 3.05) is 24.2 Å². The average molecular weight is 370 g/mol. The quantitative estimate of drug-likeness (QED) is 0.842. The molecule has 0 bridgehead atoms. The molecule has 0 saturated carbocycles. The summed E-state index contributed by atoms with van der Waals surface area (Å²) in [5.41, 5.74) is 1.40. The lowest BCUT2D eigenvalue weighted by atomic mass is 9.73. The third kappa shape index (κ3) is 2.88. The molecule has 6 heteroatoms. The molecule has 1 fully saturated rings. The lowest BCUT2D eigenvalue weighted by Crippen LogP contribution is -2.48. The van der Waals surface area contributed by atoms with Crippen molar-refractivity contribution < 1.29 is 14.0 Å². The molecule has 1 saturated heterocycles. The van der Waals surface area contributed by atoms with Gasteiger partial charge in [-0.3, -0.25) is 9.59 Å². The van der Waals surface area contributed by atoms with Crippen LogP contribution in [0.2, 0.25) is 0 Å². The van der Waals surface area contributed by atoms with Crippen molar-refractivity contribution >= 4 is 29.3 Å². The molecule has 2 amide bonds. The number of halogens is 1. The highest BCUT2D eigenvalue weighted by Crippen LogP contribution is 2.44. The Kier molecular flexibility index (Phi) is 4.44. The minimum atomic E-state index is -0.522. The van der Waals surface area contributed by atoms with Gasteiger partial charge in [0.1, 0.15) is 5.82 Å². The Labute approximate surface area is 155 Å². The summed E-state index contributed by atoms with van der Waals surface area (Å²) in [4.78, 5) is 27.3. The summed E-state index contributed by atoms with van der Waals surface area (Å²) in [5.74, 6) is -0.0788. The van der Waals surface area contributed by atoms with Crippen LogP contribution >= 0.6 is 11.8 Å². The largest absolute Gasteiger partial charge is 0.342 e. The van der Waals surface area contributed by atoms with E-state index in [1.807, 2.05) is 24.3 Å². The number of benzene rings is 2. The molecule has 4 rings (SSSR count). The van der Waals surface area contributed by atoms with Gasteiger partial charge in [-0.2, -0.15) is 0 Å². The van der Waals surface area contributed by atoms with Gasteiger partial charge < -0.3 is 10.2 Å². The molecule has 0 aromatic heterocycles. The van der Waals surface area contributed by atoms with Gasteiger partial charge in [0.15, 0.2) is 0 Å². The maximum absolute atomic E-state index is 13.7. The van der Waals surface area contributed by atoms with Crippen LogP contribution in [-0.2, 0) is 15.0 Å². The van der Waals surface area contributed by atoms with Crippen molar-refractivity contribution in [3.63, 3.8) is 0 Å². The third-order valence-corrected chi connectivity index (χ3v) is 6.32. The maximum Gasteiger partial charge on any atom is 0.235 e. The molecule has 26 heavy (non-hydrogen) atoms. The molecule has 0 unspecified atom stereocenters. The number of fused-ring (bicyclic) bond motifs is 2. The fraction of sp³-hybridized carbons (Fsp3) is 0.300. The maximum atomic E-state index is 13.7. The molecule has 4 nitrogen and oxygen atoms in total. The topological polar surface area (TPSA) is 49.4 Å². The van der Waals surface area contributed by atoms with Crippen LogP contribution in [0.15, 0.2) is 53.4 Å². The van der Waals surface area contributed by atoms with Crippen LogP contribution in [0.25, 0.3) is 0 Å². The molecule has 134 valence electrons. The van der Waals surface area contributed by atoms with E-state index in [9.17, 15) is 14.0 Å². The smallest absolute Gasteiger partial charge is 0.235 e. The number of rotatable bonds is 3. The number of piperidine rings is 1. The normalized spacial score (nSPS) is 17.9. The summed E-state index contributed by atoms with van der Waals surface area (Å²) in [6, 6.07) is 14.3. The number of nitrogens with zero attached hydrogens (tertiary/aromatic N) is 1. The number of thioether (sulfide) groups is 1. The molecule has 0 atom stereocenters. The molecule has 0 aliphatic carbocycles. The van der Waals surface area contributed by atoms with Crippen LogP contribution in [0.3, 0.4) is 0 Å². The van der Waals surface area contributed by atoms with Crippen molar-refractivity contribution in [2.45, 2.75) is 23.2 Å². The SMILES string of the molecule is O=C(CSc1ccccc1F)N1CCC2(CC1)C(=O)Nc1ccccc12. The first-order valence-corrected chi connectivity index (χ1v) is 9.65. The summed E-state index contributed by atoms with van der Waals surface area (Å²) in [5, 5.41) is 2.97. The predicted octanol–water partition coefficient (Wildman–Crippen LogP) is 3.43. The first-order chi connectivity index (χ1) is 12.6. The Morgan fingerprint density at radius 3 is 2.58 bits per heavy atom. The fourth-order valence-corrected chi connectivity index (χ4v) is 4.64. The van der Waals surface area contributed by atoms with Crippen LogP contribution < -0.4 is 5.32 Å². The van der Waals surface area contributed by atoms with Gasteiger partial charge in [0.05, 0.1) is 11.2 Å². The number of hydrogen-bond acceptors (Lipinski definition) is 3. The predicted molar refractivity (Wildman–Crippen MR) is 99.7 cm³/mol. The number of amides is 2. The molecule has 2 aromatic rings. The zero-order chi connectivity index (χ0) is 18.1. The Hall–Kier alpha value is -2.34. The number of likely N-dealkylation sites (tertiary alicyclic amines) is 1. The van der Waals surface area contributed by atoms with E-state index in [1.165, 1.54) is 17.8 Å². The number of carbonyl (C=O) groups excluding carboxylic acids is 2. The van der Waals surface area contributed by atoms with Crippen LogP contribution in [0.4, 0.5) is 10.1 Å². The second-order valence-corrected chi connectivity index (χ2v) is 7.70. The fourth-order valence-electron chi connectivity index (χ4n) is 3.80. The summed E-state index contributed by atoms with van der Waals surface area (Å²) < 4.78 is 13.7. The lowest BCUT2D eigenvalue weighted by molar-refractivity contribution is -0.132. The first kappa shape index (κ1) is 17.1. The molecule has 2 aliphatic heterocycles. The summed E-state index contributed by atoms with van der Waals surface area (Å²) in [6.07, 6.45) is 1.23. The molecule has 2 aromatic carbocycles. The molecular formula is C20H19FN2O2S. The van der Waals surface area contributed by atoms with E-state index in [0.717, 1.165) is 11.3 Å². The van der Waals surface area contributed by atoms with E-state index in [-0.39, 0.29) is 23.4 Å². The van der Waals surface area contributed by atoms with E-state index >= 15 is 0 Å². The Bertz CT molecular complexity index is 862. The minimum absolute atomic E-state index is 0.0141. The number of para-hydroxylation sites is 1. The number of carbonyl (C=O) groups is 2. The van der Waals surface area contributed by atoms with Crippen molar-refractivity contribution in [3.8, 4) is 0 Å². The van der Waals surface area contributed by atoms with E-state index < -0.39 is 5.41 Å². The molecule has 1 spiro atoms. The molecule has 0 radical (unpaired) electrons. The highest BCUT2D eigenvalue weighted by atomic mass is 32.2. The number of nitrogens with one attached hydrogen (secondary N) is 1. The minimum Gasteiger partial charge on any atom is -0.342 e. The molecule has 2 heterocycles. The van der Waals surface area contributed by atoms with Gasteiger partial charge in [0.2, 0.25) is 11.8 Å². The van der Waals surface area contributed by atoms with Gasteiger partial charge in [0.25, 0.3) is 0 Å². The Morgan fingerprint density at radius 2 is 1.81 bits per heavy atom. The summed E-state index contributed by atoms with van der Waals surface area (Å²) in [7, 11) is 0. The van der Waals surface area contributed by atoms with Crippen LogP contribution in [0.1, 0.15) is 18.4 Å². The van der Waals surface area contributed by atoms with E-state index in [2.05, 4.69) is 5.32 Å². The Morgan fingerprint density at radius 1 is 1.12 bits per heavy atom. The highest BCUT2D eigenvalue weighted by Gasteiger charge is 2.48. The van der Waals surface area contributed by atoms with Crippen LogP contribution in [-0.4, -0.2) is 35.6 Å². The van der Waals surface area contributed by atoms with Crippen molar-refractivity contribution in [3.05, 3.63) is 59.9 Å². The van der Waals surface area contributed by atoms with Gasteiger partial charge in [-0.1, -0.05) is 30.3 Å². The summed E-state index contributed by atoms with van der Waals surface area (Å²) >= 11 is 1.22. The zero-order valence-corrected chi connectivity index (χ0v) is 15.0. The second kappa shape index (κ2) is 6.76. The Balaban J connectivity index is 1.40. The van der Waals surface area contributed by atoms with Gasteiger partial charge in [-0.25, -0.2) is 4.39 Å². The first-order valence-electron chi connectivity index (χ1n) is 8.66. The van der Waals surface area contributed by atoms with E-state index in [4.69, 9.17) is 0 Å². The number of hydrogen-bond donors (Lipinski definition) is 1. The van der Waals surface area contributed by atoms with Gasteiger partial charge >= 0.3 is 0 Å². The van der Waals surface area contributed by atoms with E-state index in [0.29, 0.717) is 30.8 Å². The molecule has 1 N–H and O–H groups in total. The van der Waals surface area contributed by atoms with Gasteiger partial charge in [-0.15, -0.1) is 11.8 Å². The van der Waals surface area contributed by atoms with Crippen molar-refractivity contribution in [1.82, 2.24) is 4.90 Å². The number of anilines is 1. The second-order valence-electron chi connectivity index (χ2n) is 6.68. The average Bonchev–Trinajstić information content (AvgIpc) is 2.93. The molecular weight excluding hydrogens is 351 g/mol. The van der Waals surface area contributed by atoms with Crippen LogP contribution in [0, 0.1) is 5.82 Å². The van der Waals surface area contributed by atoms with Crippen LogP contribution in [0.5, 0.6) is 0 Å². The van der Waals surface area contributed by atoms with Crippen molar-refractivity contribution in [1.29, 1.82) is 0 Å². The molecule has 2 aliphatic rings. The monoisotopic (exact) mass is 370 g/mol. The van der Waals surface area contributed by atoms with E-state index in [1.54, 1.807) is 23.1 Å². The van der Waals surface area contributed by atoms with Gasteiger partial charge in [0, 0.05) is 23.7 Å². The highest BCUT2D eigenvalue weighted by molar-refractivity contribution is 8.00. The summed E-state index contributed by atoms with van der Waals surface area (Å²) in [6.45, 7) is 1.08. The van der Waals surface area contributed by atoms with Gasteiger partial charge in [-0.05, 0) is 36.6 Å². The lowest BCUT2D eigenvalue weighted by Gasteiger charge is -2.38.